The summed E-state index contributed by atoms with van der Waals surface area (Å²) in [6.07, 6.45) is 1.30. The fourth-order valence-electron chi connectivity index (χ4n) is 1.50. The summed E-state index contributed by atoms with van der Waals surface area (Å²) in [5.41, 5.74) is 0. The van der Waals surface area contributed by atoms with Gasteiger partial charge >= 0.3 is 0 Å². The van der Waals surface area contributed by atoms with Crippen molar-refractivity contribution in [1.29, 1.82) is 0 Å². The molecule has 0 atom stereocenters. The molecule has 0 radical (unpaired) electrons. The van der Waals surface area contributed by atoms with E-state index < -0.39 is 5.82 Å². The second-order valence-electron chi connectivity index (χ2n) is 4.13. The molecule has 0 aromatic heterocycles. The third kappa shape index (κ3) is 6.76. The fourth-order valence-corrected chi connectivity index (χ4v) is 1.50. The minimum absolute atomic E-state index is 0.0883. The summed E-state index contributed by atoms with van der Waals surface area (Å²) in [7, 11) is 0. The van der Waals surface area contributed by atoms with Crippen LogP contribution in [0.25, 0.3) is 0 Å². The Hall–Kier alpha value is -1.62. The molecule has 4 nitrogen and oxygen atoms in total. The Labute approximate surface area is 113 Å². The van der Waals surface area contributed by atoms with Crippen LogP contribution in [0.1, 0.15) is 19.8 Å². The maximum atomic E-state index is 13.2. The molecule has 0 aliphatic rings. The van der Waals surface area contributed by atoms with Crippen molar-refractivity contribution in [2.45, 2.75) is 19.8 Å². The molecular weight excluding hydrogens is 247 g/mol. The summed E-state index contributed by atoms with van der Waals surface area (Å²) in [6, 6.07) is 6.16. The second-order valence-corrected chi connectivity index (χ2v) is 4.13. The van der Waals surface area contributed by atoms with Crippen LogP contribution in [0, 0.1) is 5.82 Å². The van der Waals surface area contributed by atoms with Gasteiger partial charge in [0.25, 0.3) is 0 Å². The van der Waals surface area contributed by atoms with Gasteiger partial charge in [0.1, 0.15) is 0 Å². The number of hydrogen-bond acceptors (Lipinski definition) is 3. The van der Waals surface area contributed by atoms with Gasteiger partial charge in [0.15, 0.2) is 11.6 Å². The predicted octanol–water partition coefficient (Wildman–Crippen LogP) is 1.71. The normalized spacial score (nSPS) is 10.2. The lowest BCUT2D eigenvalue weighted by atomic mass is 10.3. The molecule has 0 unspecified atom stereocenters. The summed E-state index contributed by atoms with van der Waals surface area (Å²) in [6.45, 7) is 4.57. The Balaban J connectivity index is 2.09. The fraction of sp³-hybridized carbons (Fsp3) is 0.500. The van der Waals surface area contributed by atoms with Gasteiger partial charge in [0.05, 0.1) is 13.0 Å². The van der Waals surface area contributed by atoms with Gasteiger partial charge in [0, 0.05) is 13.1 Å². The molecular formula is C14H21FN2O2. The molecule has 0 bridgehead atoms. The van der Waals surface area contributed by atoms with E-state index in [-0.39, 0.29) is 24.7 Å². The molecule has 106 valence electrons. The minimum Gasteiger partial charge on any atom is -0.490 e. The highest BCUT2D eigenvalue weighted by Gasteiger charge is 2.04. The highest BCUT2D eigenvalue weighted by molar-refractivity contribution is 5.75. The second kappa shape index (κ2) is 9.33. The van der Waals surface area contributed by atoms with Gasteiger partial charge in [0.2, 0.25) is 5.91 Å². The molecule has 1 aromatic carbocycles. The monoisotopic (exact) mass is 268 g/mol. The molecule has 2 N–H and O–H groups in total. The molecule has 0 spiro atoms. The first-order valence-electron chi connectivity index (χ1n) is 6.58. The van der Waals surface area contributed by atoms with Crippen molar-refractivity contribution in [3.05, 3.63) is 30.1 Å². The highest BCUT2D eigenvalue weighted by Crippen LogP contribution is 2.15. The van der Waals surface area contributed by atoms with E-state index in [0.717, 1.165) is 19.5 Å². The third-order valence-electron chi connectivity index (χ3n) is 2.47. The molecule has 0 heterocycles. The lowest BCUT2D eigenvalue weighted by Crippen LogP contribution is -2.32. The zero-order chi connectivity index (χ0) is 13.9. The average Bonchev–Trinajstić information content (AvgIpc) is 2.41. The molecule has 0 fully saturated rings. The molecule has 0 aliphatic carbocycles. The number of benzene rings is 1. The largest absolute Gasteiger partial charge is 0.490 e. The number of amides is 1. The third-order valence-corrected chi connectivity index (χ3v) is 2.47. The number of ether oxygens (including phenoxy) is 1. The Morgan fingerprint density at radius 2 is 2.05 bits per heavy atom. The van der Waals surface area contributed by atoms with Crippen LogP contribution >= 0.6 is 0 Å². The molecule has 5 heteroatoms. The van der Waals surface area contributed by atoms with Crippen LogP contribution in [-0.4, -0.2) is 32.1 Å². The van der Waals surface area contributed by atoms with Crippen molar-refractivity contribution in [2.75, 3.05) is 26.2 Å². The van der Waals surface area contributed by atoms with Crippen LogP contribution in [0.5, 0.6) is 5.75 Å². The number of nitrogens with one attached hydrogen (secondary N) is 2. The molecule has 0 saturated carbocycles. The van der Waals surface area contributed by atoms with E-state index in [0.29, 0.717) is 6.54 Å². The van der Waals surface area contributed by atoms with Crippen LogP contribution < -0.4 is 15.4 Å². The van der Waals surface area contributed by atoms with Crippen LogP contribution in [0.3, 0.4) is 0 Å². The first-order chi connectivity index (χ1) is 9.24. The smallest absolute Gasteiger partial charge is 0.223 e. The Morgan fingerprint density at radius 3 is 2.79 bits per heavy atom. The predicted molar refractivity (Wildman–Crippen MR) is 72.7 cm³/mol. The molecule has 1 rings (SSSR count). The van der Waals surface area contributed by atoms with Gasteiger partial charge in [-0.2, -0.15) is 0 Å². The van der Waals surface area contributed by atoms with E-state index in [9.17, 15) is 9.18 Å². The maximum Gasteiger partial charge on any atom is 0.223 e. The van der Waals surface area contributed by atoms with Gasteiger partial charge in [-0.05, 0) is 25.1 Å². The lowest BCUT2D eigenvalue weighted by Gasteiger charge is -2.08. The number of rotatable bonds is 9. The Morgan fingerprint density at radius 1 is 1.26 bits per heavy atom. The zero-order valence-electron chi connectivity index (χ0n) is 11.2. The van der Waals surface area contributed by atoms with E-state index >= 15 is 0 Å². The van der Waals surface area contributed by atoms with Crippen LogP contribution in [0.4, 0.5) is 4.39 Å². The Bertz CT molecular complexity index is 385. The van der Waals surface area contributed by atoms with Gasteiger partial charge in [-0.15, -0.1) is 0 Å². The molecule has 0 aliphatic heterocycles. The topological polar surface area (TPSA) is 50.4 Å². The first-order valence-corrected chi connectivity index (χ1v) is 6.58. The van der Waals surface area contributed by atoms with Gasteiger partial charge in [-0.1, -0.05) is 19.1 Å². The van der Waals surface area contributed by atoms with Crippen molar-refractivity contribution in [2.24, 2.45) is 0 Å². The lowest BCUT2D eigenvalue weighted by molar-refractivity contribution is -0.121. The first kappa shape index (κ1) is 15.4. The Kier molecular flexibility index (Phi) is 7.58. The van der Waals surface area contributed by atoms with Gasteiger partial charge in [-0.25, -0.2) is 4.39 Å². The van der Waals surface area contributed by atoms with Crippen molar-refractivity contribution < 1.29 is 13.9 Å². The van der Waals surface area contributed by atoms with Crippen molar-refractivity contribution in [3.63, 3.8) is 0 Å². The van der Waals surface area contributed by atoms with E-state index in [1.54, 1.807) is 18.2 Å². The van der Waals surface area contributed by atoms with Crippen LogP contribution in [0.15, 0.2) is 24.3 Å². The van der Waals surface area contributed by atoms with Crippen LogP contribution in [0.2, 0.25) is 0 Å². The number of hydrogen-bond donors (Lipinski definition) is 2. The van der Waals surface area contributed by atoms with E-state index in [2.05, 4.69) is 17.6 Å². The molecule has 19 heavy (non-hydrogen) atoms. The SMILES string of the molecule is CCCNCCNC(=O)CCOc1ccccc1F. The number of carbonyl (C=O) groups is 1. The minimum atomic E-state index is -0.410. The molecule has 0 saturated heterocycles. The van der Waals surface area contributed by atoms with Crippen molar-refractivity contribution in [1.82, 2.24) is 10.6 Å². The summed E-state index contributed by atoms with van der Waals surface area (Å²) >= 11 is 0. The van der Waals surface area contributed by atoms with Gasteiger partial charge in [-0.3, -0.25) is 4.79 Å². The standard InChI is InChI=1S/C14H21FN2O2/c1-2-8-16-9-10-17-14(18)7-11-19-13-6-4-3-5-12(13)15/h3-6,16H,2,7-11H2,1H3,(H,17,18). The number of halogens is 1. The molecule has 1 amide bonds. The van der Waals surface area contributed by atoms with Crippen LogP contribution in [-0.2, 0) is 4.79 Å². The average molecular weight is 268 g/mol. The summed E-state index contributed by atoms with van der Waals surface area (Å²) in [4.78, 5) is 11.4. The van der Waals surface area contributed by atoms with Crippen molar-refractivity contribution in [3.8, 4) is 5.75 Å². The van der Waals surface area contributed by atoms with E-state index in [4.69, 9.17) is 4.74 Å². The summed E-state index contributed by atoms with van der Waals surface area (Å²) < 4.78 is 18.4. The molecule has 1 aromatic rings. The van der Waals surface area contributed by atoms with E-state index in [1.807, 2.05) is 0 Å². The van der Waals surface area contributed by atoms with Crippen molar-refractivity contribution >= 4 is 5.91 Å². The summed E-state index contributed by atoms with van der Waals surface area (Å²) in [5.74, 6) is -0.318. The zero-order valence-corrected chi connectivity index (χ0v) is 11.2. The number of para-hydroxylation sites is 1. The van der Waals surface area contributed by atoms with Gasteiger partial charge < -0.3 is 15.4 Å². The quantitative estimate of drug-likeness (QED) is 0.670. The highest BCUT2D eigenvalue weighted by atomic mass is 19.1. The summed E-state index contributed by atoms with van der Waals surface area (Å²) in [5, 5.41) is 5.95. The maximum absolute atomic E-state index is 13.2. The number of carbonyl (C=O) groups excluding carboxylic acids is 1. The van der Waals surface area contributed by atoms with E-state index in [1.165, 1.54) is 6.07 Å².